The van der Waals surface area contributed by atoms with Crippen molar-refractivity contribution >= 4 is 43.4 Å². The molecule has 0 spiro atoms. The van der Waals surface area contributed by atoms with Gasteiger partial charge in [-0.3, -0.25) is 0 Å². The first kappa shape index (κ1) is 26.3. The number of halogens is 1. The van der Waals surface area contributed by atoms with Gasteiger partial charge in [0.2, 0.25) is 16.0 Å². The lowest BCUT2D eigenvalue weighted by Gasteiger charge is -2.25. The summed E-state index contributed by atoms with van der Waals surface area (Å²) in [5.74, 6) is 1.17. The molecule has 0 saturated heterocycles. The molecule has 0 bridgehead atoms. The van der Waals surface area contributed by atoms with Gasteiger partial charge in [-0.25, -0.2) is 18.1 Å². The van der Waals surface area contributed by atoms with E-state index >= 15 is 0 Å². The summed E-state index contributed by atoms with van der Waals surface area (Å²) < 4.78 is 29.5. The van der Waals surface area contributed by atoms with Gasteiger partial charge in [-0.05, 0) is 78.6 Å². The van der Waals surface area contributed by atoms with E-state index in [0.717, 1.165) is 32.1 Å². The lowest BCUT2D eigenvalue weighted by Crippen LogP contribution is -2.31. The van der Waals surface area contributed by atoms with E-state index in [9.17, 15) is 13.5 Å². The number of hydrogen-bond acceptors (Lipinski definition) is 8. The molecule has 11 heteroatoms. The Morgan fingerprint density at radius 3 is 2.68 bits per heavy atom. The summed E-state index contributed by atoms with van der Waals surface area (Å²) in [7, 11) is -3.71. The molecular weight excluding hydrogens is 520 g/mol. The van der Waals surface area contributed by atoms with Gasteiger partial charge in [0.15, 0.2) is 0 Å². The number of nitrogens with one attached hydrogen (secondary N) is 3. The summed E-state index contributed by atoms with van der Waals surface area (Å²) in [6.07, 6.45) is 5.67. The second-order valence-electron chi connectivity index (χ2n) is 8.63. The number of benzene rings is 1. The zero-order chi connectivity index (χ0) is 24.7. The Morgan fingerprint density at radius 1 is 1.29 bits per heavy atom. The number of nitrogens with zero attached hydrogens (tertiary/aromatic N) is 3. The highest BCUT2D eigenvalue weighted by Gasteiger charge is 2.24. The zero-order valence-electron chi connectivity index (χ0n) is 19.4. The van der Waals surface area contributed by atoms with Crippen LogP contribution in [-0.4, -0.2) is 42.7 Å². The molecule has 9 nitrogen and oxygen atoms in total. The predicted octanol–water partition coefficient (Wildman–Crippen LogP) is 4.08. The standard InChI is InChI=1S/C23H31BrN6O3S/c1-3-18(14-31)28-22-20(24)13-26-23(30-22)29-19-9-4-15(2)21(10-19)34(32,33)27-12-17-7-5-16(11-25)6-8-17/h4,9-10,13,16-18,27,31H,3,5-8,12,14H2,1-2H3,(H2,26,28,29,30)/t16?,17?,18-/m1/s1. The molecule has 1 aromatic carbocycles. The molecule has 0 aliphatic heterocycles. The Labute approximate surface area is 209 Å². The lowest BCUT2D eigenvalue weighted by atomic mass is 9.83. The van der Waals surface area contributed by atoms with Gasteiger partial charge in [0.25, 0.3) is 0 Å². The van der Waals surface area contributed by atoms with Gasteiger partial charge in [-0.15, -0.1) is 0 Å². The summed E-state index contributed by atoms with van der Waals surface area (Å²) in [6, 6.07) is 7.25. The highest BCUT2D eigenvalue weighted by Crippen LogP contribution is 2.29. The van der Waals surface area contributed by atoms with Gasteiger partial charge in [0.1, 0.15) is 5.82 Å². The molecule has 1 heterocycles. The van der Waals surface area contributed by atoms with E-state index < -0.39 is 10.0 Å². The van der Waals surface area contributed by atoms with Crippen molar-refractivity contribution in [2.75, 3.05) is 23.8 Å². The van der Waals surface area contributed by atoms with Crippen molar-refractivity contribution in [2.24, 2.45) is 11.8 Å². The van der Waals surface area contributed by atoms with Crippen molar-refractivity contribution in [2.45, 2.75) is 56.9 Å². The number of sulfonamides is 1. The van der Waals surface area contributed by atoms with Crippen LogP contribution in [0.3, 0.4) is 0 Å². The van der Waals surface area contributed by atoms with Crippen molar-refractivity contribution in [1.82, 2.24) is 14.7 Å². The summed E-state index contributed by atoms with van der Waals surface area (Å²) in [5.41, 5.74) is 1.18. The highest BCUT2D eigenvalue weighted by molar-refractivity contribution is 9.10. The topological polar surface area (TPSA) is 140 Å². The van der Waals surface area contributed by atoms with E-state index in [4.69, 9.17) is 5.26 Å². The third-order valence-electron chi connectivity index (χ3n) is 6.12. The number of aliphatic hydroxyl groups is 1. The molecule has 3 rings (SSSR count). The van der Waals surface area contributed by atoms with Crippen LogP contribution in [0.15, 0.2) is 33.8 Å². The second-order valence-corrected chi connectivity index (χ2v) is 11.2. The molecule has 1 atom stereocenters. The van der Waals surface area contributed by atoms with Gasteiger partial charge in [-0.1, -0.05) is 13.0 Å². The van der Waals surface area contributed by atoms with E-state index in [2.05, 4.69) is 47.3 Å². The van der Waals surface area contributed by atoms with Crippen LogP contribution in [0, 0.1) is 30.1 Å². The maximum Gasteiger partial charge on any atom is 0.240 e. The Morgan fingerprint density at radius 2 is 2.03 bits per heavy atom. The monoisotopic (exact) mass is 550 g/mol. The molecule has 1 aromatic heterocycles. The van der Waals surface area contributed by atoms with Crippen LogP contribution in [0.2, 0.25) is 0 Å². The van der Waals surface area contributed by atoms with Crippen LogP contribution in [0.5, 0.6) is 0 Å². The maximum atomic E-state index is 13.0. The molecule has 0 amide bonds. The fourth-order valence-corrected chi connectivity index (χ4v) is 5.59. The molecule has 0 unspecified atom stereocenters. The quantitative estimate of drug-likeness (QED) is 0.346. The number of nitriles is 1. The van der Waals surface area contributed by atoms with Crippen LogP contribution < -0.4 is 15.4 Å². The maximum absolute atomic E-state index is 13.0. The van der Waals surface area contributed by atoms with Crippen LogP contribution in [0.1, 0.15) is 44.6 Å². The molecular formula is C23H31BrN6O3S. The molecule has 1 aliphatic carbocycles. The first-order valence-corrected chi connectivity index (χ1v) is 13.7. The normalized spacial score (nSPS) is 19.3. The van der Waals surface area contributed by atoms with Gasteiger partial charge < -0.3 is 15.7 Å². The molecule has 0 radical (unpaired) electrons. The highest BCUT2D eigenvalue weighted by atomic mass is 79.9. The van der Waals surface area contributed by atoms with Crippen molar-refractivity contribution in [3.8, 4) is 6.07 Å². The molecule has 2 aromatic rings. The smallest absolute Gasteiger partial charge is 0.240 e. The first-order valence-electron chi connectivity index (χ1n) is 11.4. The minimum absolute atomic E-state index is 0.0261. The first-order chi connectivity index (χ1) is 16.2. The third-order valence-corrected chi connectivity index (χ3v) is 8.27. The van der Waals surface area contributed by atoms with Gasteiger partial charge in [0, 0.05) is 24.3 Å². The number of aromatic nitrogens is 2. The summed E-state index contributed by atoms with van der Waals surface area (Å²) in [4.78, 5) is 8.91. The number of aryl methyl sites for hydroxylation is 1. The lowest BCUT2D eigenvalue weighted by molar-refractivity contribution is 0.271. The van der Waals surface area contributed by atoms with E-state index in [1.807, 2.05) is 6.92 Å². The Balaban J connectivity index is 1.71. The number of rotatable bonds is 10. The van der Waals surface area contributed by atoms with Crippen molar-refractivity contribution in [1.29, 1.82) is 5.26 Å². The Bertz CT molecular complexity index is 1130. The van der Waals surface area contributed by atoms with Gasteiger partial charge in [-0.2, -0.15) is 10.2 Å². The summed E-state index contributed by atoms with van der Waals surface area (Å²) >= 11 is 3.41. The minimum Gasteiger partial charge on any atom is -0.394 e. The summed E-state index contributed by atoms with van der Waals surface area (Å²) in [5, 5.41) is 24.7. The van der Waals surface area contributed by atoms with Crippen molar-refractivity contribution < 1.29 is 13.5 Å². The fourth-order valence-electron chi connectivity index (χ4n) is 3.90. The van der Waals surface area contributed by atoms with E-state index in [0.29, 0.717) is 34.0 Å². The van der Waals surface area contributed by atoms with Gasteiger partial charge >= 0.3 is 0 Å². The summed E-state index contributed by atoms with van der Waals surface area (Å²) in [6.45, 7) is 4.06. The SMILES string of the molecule is CC[C@H](CO)Nc1nc(Nc2ccc(C)c(S(=O)(=O)NCC3CCC(C#N)CC3)c2)ncc1Br. The minimum atomic E-state index is -3.71. The molecule has 1 saturated carbocycles. The fraction of sp³-hybridized carbons (Fsp3) is 0.522. The largest absolute Gasteiger partial charge is 0.394 e. The molecule has 4 N–H and O–H groups in total. The van der Waals surface area contributed by atoms with Crippen LogP contribution in [-0.2, 0) is 10.0 Å². The number of aliphatic hydroxyl groups excluding tert-OH is 1. The van der Waals surface area contributed by atoms with Crippen LogP contribution in [0.25, 0.3) is 0 Å². The van der Waals surface area contributed by atoms with E-state index in [1.54, 1.807) is 31.3 Å². The average molecular weight is 552 g/mol. The van der Waals surface area contributed by atoms with Crippen LogP contribution >= 0.6 is 15.9 Å². The average Bonchev–Trinajstić information content (AvgIpc) is 2.84. The molecule has 184 valence electrons. The molecule has 34 heavy (non-hydrogen) atoms. The van der Waals surface area contributed by atoms with Crippen molar-refractivity contribution in [3.63, 3.8) is 0 Å². The molecule has 1 aliphatic rings. The Kier molecular flexibility index (Phi) is 9.24. The van der Waals surface area contributed by atoms with Crippen molar-refractivity contribution in [3.05, 3.63) is 34.4 Å². The number of hydrogen-bond donors (Lipinski definition) is 4. The molecule has 1 fully saturated rings. The van der Waals surface area contributed by atoms with E-state index in [-0.39, 0.29) is 29.4 Å². The number of anilines is 3. The Hall–Kier alpha value is -2.26. The predicted molar refractivity (Wildman–Crippen MR) is 135 cm³/mol. The zero-order valence-corrected chi connectivity index (χ0v) is 21.8. The van der Waals surface area contributed by atoms with E-state index in [1.165, 1.54) is 0 Å². The second kappa shape index (κ2) is 11.9. The van der Waals surface area contributed by atoms with Gasteiger partial charge in [0.05, 0.1) is 28.1 Å². The van der Waals surface area contributed by atoms with Crippen LogP contribution in [0.4, 0.5) is 17.5 Å². The third kappa shape index (κ3) is 6.88.